The molecule has 0 aliphatic rings. The van der Waals surface area contributed by atoms with E-state index in [1.165, 1.54) is 12.1 Å². The van der Waals surface area contributed by atoms with Crippen molar-refractivity contribution in [2.24, 2.45) is 7.05 Å². The summed E-state index contributed by atoms with van der Waals surface area (Å²) in [7, 11) is 1.87. The average Bonchev–Trinajstić information content (AvgIpc) is 3.32. The lowest BCUT2D eigenvalue weighted by molar-refractivity contribution is -0.163. The number of carboxylic acid groups (broad SMARTS) is 1. The Labute approximate surface area is 181 Å². The van der Waals surface area contributed by atoms with Crippen LogP contribution in [0.1, 0.15) is 31.4 Å². The first-order chi connectivity index (χ1) is 15.2. The number of carboxylic acids is 1. The molecule has 0 radical (unpaired) electrons. The number of hydrogen-bond donors (Lipinski definition) is 2. The second kappa shape index (κ2) is 8.31. The molecule has 1 unspecified atom stereocenters. The van der Waals surface area contributed by atoms with Crippen molar-refractivity contribution in [2.45, 2.75) is 38.0 Å². The molecule has 2 atom stereocenters. The lowest BCUT2D eigenvalue weighted by atomic mass is 10.0. The second-order valence-electron chi connectivity index (χ2n) is 7.81. The molecule has 9 heteroatoms. The summed E-state index contributed by atoms with van der Waals surface area (Å²) in [5.41, 5.74) is 2.38. The van der Waals surface area contributed by atoms with Crippen molar-refractivity contribution in [2.75, 3.05) is 0 Å². The molecular formula is C23H22F3N3O3. The standard InChI is InChI=1S/C23H22F3N3O3/c1-3-4-17(22(30)31)28-21(23(24,25)26)14-5-7-15-16-9-13(18-11-29(2)12-27-18)6-8-19(16)32-20(15)10-14/h5-12,17,21,28H,3-4H2,1-2H3,(H,30,31)/t17?,21-/m0/s1. The van der Waals surface area contributed by atoms with Gasteiger partial charge < -0.3 is 14.1 Å². The van der Waals surface area contributed by atoms with Crippen molar-refractivity contribution in [1.29, 1.82) is 0 Å². The minimum Gasteiger partial charge on any atom is -0.480 e. The maximum Gasteiger partial charge on any atom is 0.407 e. The average molecular weight is 445 g/mol. The van der Waals surface area contributed by atoms with E-state index < -0.39 is 24.2 Å². The Bertz CT molecular complexity index is 1280. The molecule has 6 nitrogen and oxygen atoms in total. The zero-order valence-corrected chi connectivity index (χ0v) is 17.5. The molecule has 4 aromatic rings. The summed E-state index contributed by atoms with van der Waals surface area (Å²) in [6.07, 6.45) is -0.586. The maximum absolute atomic E-state index is 13.8. The molecule has 0 bridgehead atoms. The quantitative estimate of drug-likeness (QED) is 0.396. The zero-order valence-electron chi connectivity index (χ0n) is 17.5. The van der Waals surface area contributed by atoms with Crippen LogP contribution in [0.15, 0.2) is 53.3 Å². The Kier molecular flexibility index (Phi) is 5.68. The van der Waals surface area contributed by atoms with Crippen molar-refractivity contribution in [3.05, 3.63) is 54.5 Å². The van der Waals surface area contributed by atoms with Crippen LogP contribution >= 0.6 is 0 Å². The fourth-order valence-corrected chi connectivity index (χ4v) is 3.84. The van der Waals surface area contributed by atoms with E-state index in [0.29, 0.717) is 23.0 Å². The van der Waals surface area contributed by atoms with Gasteiger partial charge in [0.1, 0.15) is 23.2 Å². The van der Waals surface area contributed by atoms with E-state index in [2.05, 4.69) is 10.3 Å². The normalized spacial score (nSPS) is 14.2. The number of imidazole rings is 1. The van der Waals surface area contributed by atoms with Crippen molar-refractivity contribution in [3.63, 3.8) is 0 Å². The van der Waals surface area contributed by atoms with Crippen LogP contribution in [-0.4, -0.2) is 32.8 Å². The number of benzene rings is 2. The highest BCUT2D eigenvalue weighted by Gasteiger charge is 2.43. The highest BCUT2D eigenvalue weighted by atomic mass is 19.4. The largest absolute Gasteiger partial charge is 0.480 e. The molecule has 0 spiro atoms. The third kappa shape index (κ3) is 4.20. The van der Waals surface area contributed by atoms with Gasteiger partial charge in [-0.05, 0) is 36.2 Å². The van der Waals surface area contributed by atoms with Gasteiger partial charge >= 0.3 is 12.1 Å². The molecular weight excluding hydrogens is 423 g/mol. The number of aliphatic carboxylic acids is 1. The van der Waals surface area contributed by atoms with Gasteiger partial charge in [-0.25, -0.2) is 4.98 Å². The van der Waals surface area contributed by atoms with Crippen LogP contribution in [0, 0.1) is 0 Å². The molecule has 2 aromatic heterocycles. The number of alkyl halides is 3. The minimum atomic E-state index is -4.67. The van der Waals surface area contributed by atoms with E-state index >= 15 is 0 Å². The van der Waals surface area contributed by atoms with Crippen molar-refractivity contribution in [1.82, 2.24) is 14.9 Å². The summed E-state index contributed by atoms with van der Waals surface area (Å²) >= 11 is 0. The number of hydrogen-bond acceptors (Lipinski definition) is 4. The van der Waals surface area contributed by atoms with Crippen LogP contribution in [0.4, 0.5) is 13.2 Å². The molecule has 0 saturated carbocycles. The molecule has 32 heavy (non-hydrogen) atoms. The van der Waals surface area contributed by atoms with Crippen LogP contribution in [0.25, 0.3) is 33.2 Å². The van der Waals surface area contributed by atoms with Gasteiger partial charge in [-0.3, -0.25) is 10.1 Å². The van der Waals surface area contributed by atoms with Crippen LogP contribution in [0.2, 0.25) is 0 Å². The monoisotopic (exact) mass is 445 g/mol. The number of halogens is 3. The molecule has 0 aliphatic carbocycles. The van der Waals surface area contributed by atoms with E-state index in [9.17, 15) is 23.1 Å². The van der Waals surface area contributed by atoms with Gasteiger partial charge in [0.15, 0.2) is 0 Å². The Morgan fingerprint density at radius 3 is 2.59 bits per heavy atom. The number of furan rings is 1. The number of nitrogens with one attached hydrogen (secondary N) is 1. The van der Waals surface area contributed by atoms with Gasteiger partial charge in [0.05, 0.1) is 12.0 Å². The fraction of sp³-hybridized carbons (Fsp3) is 0.304. The highest BCUT2D eigenvalue weighted by molar-refractivity contribution is 6.06. The van der Waals surface area contributed by atoms with Gasteiger partial charge in [-0.15, -0.1) is 0 Å². The Balaban J connectivity index is 1.75. The summed E-state index contributed by atoms with van der Waals surface area (Å²) in [6.45, 7) is 1.72. The third-order valence-electron chi connectivity index (χ3n) is 5.40. The van der Waals surface area contributed by atoms with E-state index in [1.807, 2.05) is 29.9 Å². The van der Waals surface area contributed by atoms with E-state index in [-0.39, 0.29) is 12.0 Å². The van der Waals surface area contributed by atoms with Crippen LogP contribution in [0.3, 0.4) is 0 Å². The third-order valence-corrected chi connectivity index (χ3v) is 5.40. The summed E-state index contributed by atoms with van der Waals surface area (Å²) in [5.74, 6) is -1.31. The summed E-state index contributed by atoms with van der Waals surface area (Å²) in [6, 6.07) is 6.33. The molecule has 0 aliphatic heterocycles. The number of aromatic nitrogens is 2. The molecule has 168 valence electrons. The number of rotatable bonds is 7. The first-order valence-corrected chi connectivity index (χ1v) is 10.2. The number of aryl methyl sites for hydroxylation is 1. The van der Waals surface area contributed by atoms with Crippen molar-refractivity contribution < 1.29 is 27.5 Å². The zero-order chi connectivity index (χ0) is 23.0. The molecule has 0 fully saturated rings. The summed E-state index contributed by atoms with van der Waals surface area (Å²) in [4.78, 5) is 15.7. The highest BCUT2D eigenvalue weighted by Crippen LogP contribution is 2.37. The van der Waals surface area contributed by atoms with Crippen molar-refractivity contribution in [3.8, 4) is 11.3 Å². The molecule has 2 heterocycles. The van der Waals surface area contributed by atoms with Gasteiger partial charge in [-0.1, -0.05) is 25.5 Å². The molecule has 2 aromatic carbocycles. The van der Waals surface area contributed by atoms with Gasteiger partial charge in [-0.2, -0.15) is 13.2 Å². The number of carbonyl (C=O) groups is 1. The Morgan fingerprint density at radius 1 is 1.19 bits per heavy atom. The second-order valence-corrected chi connectivity index (χ2v) is 7.81. The molecule has 0 amide bonds. The van der Waals surface area contributed by atoms with Crippen LogP contribution < -0.4 is 5.32 Å². The van der Waals surface area contributed by atoms with E-state index in [1.54, 1.807) is 25.4 Å². The topological polar surface area (TPSA) is 80.3 Å². The predicted molar refractivity (Wildman–Crippen MR) is 114 cm³/mol. The van der Waals surface area contributed by atoms with Gasteiger partial charge in [0.25, 0.3) is 0 Å². The summed E-state index contributed by atoms with van der Waals surface area (Å²) < 4.78 is 49.1. The number of fused-ring (bicyclic) bond motifs is 3. The minimum absolute atomic E-state index is 0.0884. The van der Waals surface area contributed by atoms with Crippen LogP contribution in [0.5, 0.6) is 0 Å². The van der Waals surface area contributed by atoms with Crippen LogP contribution in [-0.2, 0) is 11.8 Å². The van der Waals surface area contributed by atoms with Crippen molar-refractivity contribution >= 4 is 27.9 Å². The summed E-state index contributed by atoms with van der Waals surface area (Å²) in [5, 5.41) is 13.0. The smallest absolute Gasteiger partial charge is 0.407 e. The predicted octanol–water partition coefficient (Wildman–Crippen LogP) is 5.43. The SMILES string of the molecule is CCCC(N[C@@H](c1ccc2c(c1)oc1ccc(-c3cn(C)cn3)cc12)C(F)(F)F)C(=O)O. The van der Waals surface area contributed by atoms with E-state index in [4.69, 9.17) is 4.42 Å². The number of nitrogens with zero attached hydrogens (tertiary/aromatic N) is 2. The Hall–Kier alpha value is -3.33. The van der Waals surface area contributed by atoms with E-state index in [0.717, 1.165) is 16.6 Å². The maximum atomic E-state index is 13.8. The lowest BCUT2D eigenvalue weighted by Crippen LogP contribution is -2.44. The van der Waals surface area contributed by atoms with Gasteiger partial charge in [0, 0.05) is 29.6 Å². The fourth-order valence-electron chi connectivity index (χ4n) is 3.84. The lowest BCUT2D eigenvalue weighted by Gasteiger charge is -2.25. The molecule has 0 saturated heterocycles. The molecule has 2 N–H and O–H groups in total. The van der Waals surface area contributed by atoms with Gasteiger partial charge in [0.2, 0.25) is 0 Å². The first-order valence-electron chi connectivity index (χ1n) is 10.2. The first kappa shape index (κ1) is 21.9. The Morgan fingerprint density at radius 2 is 1.97 bits per heavy atom. The molecule has 4 rings (SSSR count).